The summed E-state index contributed by atoms with van der Waals surface area (Å²) in [5.74, 6) is 0.0796. The molecule has 0 bridgehead atoms. The number of likely N-dealkylation sites (N-methyl/N-ethyl adjacent to an activating group) is 1. The number of piperazine rings is 1. The molecule has 24 heavy (non-hydrogen) atoms. The number of nitrogens with zero attached hydrogens (tertiary/aromatic N) is 2. The normalized spacial score (nSPS) is 15.9. The second-order valence-electron chi connectivity index (χ2n) is 6.23. The highest BCUT2D eigenvalue weighted by molar-refractivity contribution is 5.82. The average molecular weight is 329 g/mol. The van der Waals surface area contributed by atoms with E-state index in [-0.39, 0.29) is 11.8 Å². The third-order valence-electron chi connectivity index (χ3n) is 4.40. The van der Waals surface area contributed by atoms with E-state index in [0.29, 0.717) is 32.6 Å². The lowest BCUT2D eigenvalue weighted by Gasteiger charge is -2.31. The molecular formula is C18H23N3O3. The molecule has 0 spiro atoms. The summed E-state index contributed by atoms with van der Waals surface area (Å²) >= 11 is 0. The molecule has 1 aromatic heterocycles. The summed E-state index contributed by atoms with van der Waals surface area (Å²) in [6.45, 7) is 3.06. The van der Waals surface area contributed by atoms with Gasteiger partial charge in [0, 0.05) is 38.0 Å². The largest absolute Gasteiger partial charge is 0.464 e. The Labute approximate surface area is 141 Å². The number of nitrogens with one attached hydrogen (secondary N) is 1. The number of furan rings is 1. The molecule has 1 fully saturated rings. The molecule has 0 unspecified atom stereocenters. The van der Waals surface area contributed by atoms with Crippen molar-refractivity contribution < 1.29 is 14.0 Å². The SMILES string of the molecule is CN1CCN(CCC(=O)NCCc2coc3ccccc23)C(=O)C1. The molecule has 128 valence electrons. The number of hydrogen-bond donors (Lipinski definition) is 1. The zero-order chi connectivity index (χ0) is 16.9. The van der Waals surface area contributed by atoms with Gasteiger partial charge in [0.15, 0.2) is 0 Å². The van der Waals surface area contributed by atoms with Gasteiger partial charge in [0.05, 0.1) is 12.8 Å². The first-order chi connectivity index (χ1) is 11.6. The molecule has 0 atom stereocenters. The fourth-order valence-corrected chi connectivity index (χ4v) is 2.95. The van der Waals surface area contributed by atoms with Crippen LogP contribution < -0.4 is 5.32 Å². The second kappa shape index (κ2) is 7.49. The Balaban J connectivity index is 1.40. The van der Waals surface area contributed by atoms with Crippen LogP contribution in [0.15, 0.2) is 34.9 Å². The van der Waals surface area contributed by atoms with Crippen LogP contribution in [0.2, 0.25) is 0 Å². The van der Waals surface area contributed by atoms with Crippen molar-refractivity contribution in [1.82, 2.24) is 15.1 Å². The van der Waals surface area contributed by atoms with E-state index in [2.05, 4.69) is 5.32 Å². The van der Waals surface area contributed by atoms with E-state index in [0.717, 1.165) is 29.5 Å². The van der Waals surface area contributed by atoms with E-state index in [4.69, 9.17) is 4.42 Å². The van der Waals surface area contributed by atoms with Gasteiger partial charge in [-0.15, -0.1) is 0 Å². The Morgan fingerprint density at radius 1 is 1.29 bits per heavy atom. The van der Waals surface area contributed by atoms with E-state index in [1.807, 2.05) is 36.2 Å². The summed E-state index contributed by atoms with van der Waals surface area (Å²) in [6.07, 6.45) is 2.83. The molecule has 1 aliphatic rings. The predicted molar refractivity (Wildman–Crippen MR) is 91.6 cm³/mol. The van der Waals surface area contributed by atoms with Crippen molar-refractivity contribution >= 4 is 22.8 Å². The number of amides is 2. The van der Waals surface area contributed by atoms with Crippen LogP contribution in [0.1, 0.15) is 12.0 Å². The Hall–Kier alpha value is -2.34. The number of carbonyl (C=O) groups is 2. The Kier molecular flexibility index (Phi) is 5.15. The van der Waals surface area contributed by atoms with Crippen molar-refractivity contribution in [3.05, 3.63) is 36.1 Å². The smallest absolute Gasteiger partial charge is 0.236 e. The van der Waals surface area contributed by atoms with E-state index >= 15 is 0 Å². The summed E-state index contributed by atoms with van der Waals surface area (Å²) in [6, 6.07) is 7.88. The van der Waals surface area contributed by atoms with Gasteiger partial charge >= 0.3 is 0 Å². The van der Waals surface area contributed by atoms with Crippen molar-refractivity contribution in [1.29, 1.82) is 0 Å². The summed E-state index contributed by atoms with van der Waals surface area (Å²) in [4.78, 5) is 27.6. The minimum absolute atomic E-state index is 0.0190. The van der Waals surface area contributed by atoms with Crippen LogP contribution in [0.4, 0.5) is 0 Å². The number of benzene rings is 1. The van der Waals surface area contributed by atoms with Crippen LogP contribution in [0, 0.1) is 0 Å². The van der Waals surface area contributed by atoms with Crippen LogP contribution in [0.25, 0.3) is 11.0 Å². The minimum Gasteiger partial charge on any atom is -0.464 e. The monoisotopic (exact) mass is 329 g/mol. The maximum atomic E-state index is 12.0. The van der Waals surface area contributed by atoms with Crippen LogP contribution in [0.5, 0.6) is 0 Å². The van der Waals surface area contributed by atoms with Crippen LogP contribution in [0.3, 0.4) is 0 Å². The molecule has 0 radical (unpaired) electrons. The summed E-state index contributed by atoms with van der Waals surface area (Å²) in [5, 5.41) is 4.01. The molecule has 0 aliphatic carbocycles. The van der Waals surface area contributed by atoms with Crippen molar-refractivity contribution in [3.63, 3.8) is 0 Å². The van der Waals surface area contributed by atoms with Crippen LogP contribution in [-0.2, 0) is 16.0 Å². The summed E-state index contributed by atoms with van der Waals surface area (Å²) in [5.41, 5.74) is 1.97. The lowest BCUT2D eigenvalue weighted by atomic mass is 10.1. The number of fused-ring (bicyclic) bond motifs is 1. The maximum Gasteiger partial charge on any atom is 0.236 e. The zero-order valence-corrected chi connectivity index (χ0v) is 14.0. The maximum absolute atomic E-state index is 12.0. The Bertz CT molecular complexity index is 725. The van der Waals surface area contributed by atoms with Gasteiger partial charge in [-0.3, -0.25) is 14.5 Å². The fourth-order valence-electron chi connectivity index (χ4n) is 2.95. The average Bonchev–Trinajstić information content (AvgIpc) is 2.97. The van der Waals surface area contributed by atoms with E-state index in [1.165, 1.54) is 0 Å². The third kappa shape index (κ3) is 3.94. The molecule has 1 saturated heterocycles. The van der Waals surface area contributed by atoms with Gasteiger partial charge in [-0.05, 0) is 25.1 Å². The van der Waals surface area contributed by atoms with Crippen molar-refractivity contribution in [3.8, 4) is 0 Å². The van der Waals surface area contributed by atoms with Gasteiger partial charge in [-0.25, -0.2) is 0 Å². The van der Waals surface area contributed by atoms with Gasteiger partial charge in [0.1, 0.15) is 5.58 Å². The molecule has 2 aromatic rings. The quantitative estimate of drug-likeness (QED) is 0.866. The molecule has 1 aliphatic heterocycles. The number of para-hydroxylation sites is 1. The zero-order valence-electron chi connectivity index (χ0n) is 14.0. The Morgan fingerprint density at radius 3 is 2.96 bits per heavy atom. The van der Waals surface area contributed by atoms with E-state index < -0.39 is 0 Å². The first-order valence-corrected chi connectivity index (χ1v) is 8.31. The van der Waals surface area contributed by atoms with Crippen molar-refractivity contribution in [2.45, 2.75) is 12.8 Å². The first-order valence-electron chi connectivity index (χ1n) is 8.31. The standard InChI is InChI=1S/C18H23N3O3/c1-20-10-11-21(18(23)12-20)9-7-17(22)19-8-6-14-13-24-16-5-3-2-4-15(14)16/h2-5,13H,6-12H2,1H3,(H,19,22). The molecule has 1 aromatic carbocycles. The molecule has 6 heteroatoms. The molecule has 1 N–H and O–H groups in total. The fraction of sp³-hybridized carbons (Fsp3) is 0.444. The van der Waals surface area contributed by atoms with Gasteiger partial charge in [0.2, 0.25) is 11.8 Å². The molecule has 3 rings (SSSR count). The second-order valence-corrected chi connectivity index (χ2v) is 6.23. The van der Waals surface area contributed by atoms with Crippen molar-refractivity contribution in [2.75, 3.05) is 39.8 Å². The number of rotatable bonds is 6. The van der Waals surface area contributed by atoms with Gasteiger partial charge in [-0.2, -0.15) is 0 Å². The lowest BCUT2D eigenvalue weighted by Crippen LogP contribution is -2.49. The highest BCUT2D eigenvalue weighted by atomic mass is 16.3. The molecular weight excluding hydrogens is 306 g/mol. The number of hydrogen-bond acceptors (Lipinski definition) is 4. The van der Waals surface area contributed by atoms with Crippen molar-refractivity contribution in [2.24, 2.45) is 0 Å². The van der Waals surface area contributed by atoms with E-state index in [1.54, 1.807) is 11.2 Å². The minimum atomic E-state index is -0.0190. The molecule has 6 nitrogen and oxygen atoms in total. The van der Waals surface area contributed by atoms with Crippen LogP contribution in [-0.4, -0.2) is 61.4 Å². The molecule has 2 heterocycles. The molecule has 2 amide bonds. The van der Waals surface area contributed by atoms with E-state index in [9.17, 15) is 9.59 Å². The highest BCUT2D eigenvalue weighted by Gasteiger charge is 2.21. The lowest BCUT2D eigenvalue weighted by molar-refractivity contribution is -0.135. The van der Waals surface area contributed by atoms with Crippen LogP contribution >= 0.6 is 0 Å². The van der Waals surface area contributed by atoms with Gasteiger partial charge in [0.25, 0.3) is 0 Å². The first kappa shape index (κ1) is 16.5. The molecule has 0 saturated carbocycles. The summed E-state index contributed by atoms with van der Waals surface area (Å²) in [7, 11) is 1.93. The van der Waals surface area contributed by atoms with Gasteiger partial charge in [-0.1, -0.05) is 18.2 Å². The third-order valence-corrected chi connectivity index (χ3v) is 4.40. The summed E-state index contributed by atoms with van der Waals surface area (Å²) < 4.78 is 5.49. The Morgan fingerprint density at radius 2 is 2.12 bits per heavy atom. The predicted octanol–water partition coefficient (Wildman–Crippen LogP) is 1.26. The van der Waals surface area contributed by atoms with Gasteiger partial charge < -0.3 is 14.6 Å². The number of carbonyl (C=O) groups excluding carboxylic acids is 2. The topological polar surface area (TPSA) is 65.8 Å². The highest BCUT2D eigenvalue weighted by Crippen LogP contribution is 2.20.